The van der Waals surface area contributed by atoms with E-state index >= 15 is 0 Å². The number of primary amides is 1. The predicted octanol–water partition coefficient (Wildman–Crippen LogP) is 4.42. The van der Waals surface area contributed by atoms with Gasteiger partial charge in [-0.3, -0.25) is 9.48 Å². The van der Waals surface area contributed by atoms with Crippen LogP contribution in [0.3, 0.4) is 0 Å². The molecule has 0 fully saturated rings. The number of aromatic nitrogens is 2. The molecule has 1 aromatic heterocycles. The van der Waals surface area contributed by atoms with E-state index < -0.39 is 5.91 Å². The smallest absolute Gasteiger partial charge is 0.248 e. The van der Waals surface area contributed by atoms with E-state index in [2.05, 4.69) is 11.7 Å². The summed E-state index contributed by atoms with van der Waals surface area (Å²) >= 11 is 0. The lowest BCUT2D eigenvalue weighted by atomic mass is 9.98. The summed E-state index contributed by atoms with van der Waals surface area (Å²) in [6.45, 7) is 7.61. The van der Waals surface area contributed by atoms with Gasteiger partial charge in [0.15, 0.2) is 0 Å². The lowest BCUT2D eigenvalue weighted by Crippen LogP contribution is -2.14. The number of carbonyl (C=O) groups excluding carboxylic acids is 1. The fourth-order valence-electron chi connectivity index (χ4n) is 3.28. The van der Waals surface area contributed by atoms with Crippen LogP contribution in [-0.2, 0) is 7.05 Å². The van der Waals surface area contributed by atoms with E-state index in [-0.39, 0.29) is 0 Å². The van der Waals surface area contributed by atoms with E-state index in [0.29, 0.717) is 22.8 Å². The fourth-order valence-corrected chi connectivity index (χ4v) is 3.28. The molecule has 3 rings (SSSR count). The van der Waals surface area contributed by atoms with E-state index in [0.717, 1.165) is 27.8 Å². The van der Waals surface area contributed by atoms with Crippen molar-refractivity contribution in [2.45, 2.75) is 13.8 Å². The predicted molar refractivity (Wildman–Crippen MR) is 118 cm³/mol. The molecule has 2 N–H and O–H groups in total. The highest BCUT2D eigenvalue weighted by Gasteiger charge is 2.15. The molecule has 0 atom stereocenters. The quantitative estimate of drug-likeness (QED) is 0.468. The maximum Gasteiger partial charge on any atom is 0.248 e. The Morgan fingerprint density at radius 1 is 1.07 bits per heavy atom. The molecule has 0 aliphatic carbocycles. The molecule has 6 nitrogen and oxygen atoms in total. The maximum absolute atomic E-state index is 11.8. The third kappa shape index (κ3) is 4.43. The van der Waals surface area contributed by atoms with Crippen LogP contribution in [0.15, 0.2) is 61.5 Å². The maximum atomic E-state index is 11.8. The van der Waals surface area contributed by atoms with Crippen LogP contribution < -0.4 is 15.2 Å². The van der Waals surface area contributed by atoms with Crippen molar-refractivity contribution in [1.29, 1.82) is 0 Å². The molecular formula is C24H25N3O3. The Morgan fingerprint density at radius 3 is 2.37 bits per heavy atom. The second kappa shape index (κ2) is 8.69. The van der Waals surface area contributed by atoms with Crippen LogP contribution in [0.5, 0.6) is 11.5 Å². The molecule has 0 saturated heterocycles. The minimum Gasteiger partial charge on any atom is -0.497 e. The molecule has 0 bridgehead atoms. The Kier molecular flexibility index (Phi) is 6.06. The second-order valence-electron chi connectivity index (χ2n) is 7.01. The molecule has 2 aromatic carbocycles. The minimum absolute atomic E-state index is 0.454. The van der Waals surface area contributed by atoms with Gasteiger partial charge in [-0.25, -0.2) is 0 Å². The van der Waals surface area contributed by atoms with E-state index in [4.69, 9.17) is 15.2 Å². The Hall–Kier alpha value is -3.80. The van der Waals surface area contributed by atoms with Crippen LogP contribution in [0.4, 0.5) is 0 Å². The van der Waals surface area contributed by atoms with Gasteiger partial charge >= 0.3 is 0 Å². The Labute approximate surface area is 176 Å². The summed E-state index contributed by atoms with van der Waals surface area (Å²) in [7, 11) is 3.47. The topological polar surface area (TPSA) is 79.4 Å². The van der Waals surface area contributed by atoms with Crippen molar-refractivity contribution in [1.82, 2.24) is 9.78 Å². The number of aryl methyl sites for hydroxylation is 3. The number of carbonyl (C=O) groups is 1. The van der Waals surface area contributed by atoms with E-state index in [1.807, 2.05) is 45.3 Å². The van der Waals surface area contributed by atoms with Crippen molar-refractivity contribution < 1.29 is 14.3 Å². The number of methoxy groups -OCH3 is 1. The lowest BCUT2D eigenvalue weighted by molar-refractivity contribution is 0.0999. The second-order valence-corrected chi connectivity index (χ2v) is 7.01. The van der Waals surface area contributed by atoms with E-state index in [1.165, 1.54) is 0 Å². The largest absolute Gasteiger partial charge is 0.497 e. The molecule has 1 heterocycles. The van der Waals surface area contributed by atoms with E-state index in [1.54, 1.807) is 42.3 Å². The summed E-state index contributed by atoms with van der Waals surface area (Å²) < 4.78 is 13.4. The van der Waals surface area contributed by atoms with Gasteiger partial charge in [-0.05, 0) is 54.8 Å². The Balaban J connectivity index is 2.06. The van der Waals surface area contributed by atoms with Crippen LogP contribution in [0.2, 0.25) is 0 Å². The van der Waals surface area contributed by atoms with Crippen molar-refractivity contribution in [2.75, 3.05) is 7.11 Å². The molecule has 0 saturated carbocycles. The molecule has 154 valence electrons. The number of nitrogens with zero attached hydrogens (tertiary/aromatic N) is 2. The summed E-state index contributed by atoms with van der Waals surface area (Å²) in [4.78, 5) is 11.8. The third-order valence-electron chi connectivity index (χ3n) is 4.75. The molecule has 6 heteroatoms. The van der Waals surface area contributed by atoms with Crippen molar-refractivity contribution in [3.8, 4) is 22.6 Å². The van der Waals surface area contributed by atoms with E-state index in [9.17, 15) is 4.79 Å². The molecule has 3 aromatic rings. The van der Waals surface area contributed by atoms with Crippen LogP contribution in [-0.4, -0.2) is 22.8 Å². The van der Waals surface area contributed by atoms with Gasteiger partial charge in [-0.2, -0.15) is 5.10 Å². The normalized spacial score (nSPS) is 11.3. The van der Waals surface area contributed by atoms with Gasteiger partial charge in [-0.1, -0.05) is 18.7 Å². The van der Waals surface area contributed by atoms with Crippen LogP contribution in [0.25, 0.3) is 16.9 Å². The summed E-state index contributed by atoms with van der Waals surface area (Å²) in [5.74, 6) is 1.31. The van der Waals surface area contributed by atoms with Gasteiger partial charge in [0.2, 0.25) is 5.91 Å². The standard InChI is InChI=1S/C24H25N3O3/c1-6-7-23(21-12-22(24(25)28)16(3)8-15(21)2)30-20-10-17(9-19(11-20)29-5)18-13-26-27(4)14-18/h6-14H,1H2,2-5H3,(H2,25,28)/b23-7+. The van der Waals surface area contributed by atoms with Gasteiger partial charge in [-0.15, -0.1) is 0 Å². The van der Waals surface area contributed by atoms with Gasteiger partial charge in [0.25, 0.3) is 0 Å². The highest BCUT2D eigenvalue weighted by Crippen LogP contribution is 2.33. The molecule has 0 radical (unpaired) electrons. The number of nitrogens with two attached hydrogens (primary N) is 1. The number of allylic oxidation sites excluding steroid dienone is 2. The number of ether oxygens (including phenoxy) is 2. The Morgan fingerprint density at radius 2 is 1.77 bits per heavy atom. The zero-order valence-corrected chi connectivity index (χ0v) is 17.6. The highest BCUT2D eigenvalue weighted by molar-refractivity contribution is 5.95. The number of amides is 1. The molecule has 1 amide bonds. The van der Waals surface area contributed by atoms with Crippen LogP contribution in [0.1, 0.15) is 27.0 Å². The van der Waals surface area contributed by atoms with Gasteiger partial charge < -0.3 is 15.2 Å². The van der Waals surface area contributed by atoms with Crippen LogP contribution in [0, 0.1) is 13.8 Å². The molecule has 0 aliphatic rings. The van der Waals surface area contributed by atoms with Gasteiger partial charge in [0, 0.05) is 36.0 Å². The van der Waals surface area contributed by atoms with Gasteiger partial charge in [0.05, 0.1) is 13.3 Å². The average molecular weight is 403 g/mol. The molecule has 0 spiro atoms. The SMILES string of the molecule is C=C/C=C(/Oc1cc(OC)cc(-c2cnn(C)c2)c1)c1cc(C(N)=O)c(C)cc1C. The number of hydrogen-bond acceptors (Lipinski definition) is 4. The summed E-state index contributed by atoms with van der Waals surface area (Å²) in [5, 5.41) is 4.23. The summed E-state index contributed by atoms with van der Waals surface area (Å²) in [6.07, 6.45) is 7.09. The first-order valence-corrected chi connectivity index (χ1v) is 9.42. The van der Waals surface area contributed by atoms with Crippen molar-refractivity contribution in [2.24, 2.45) is 12.8 Å². The zero-order valence-electron chi connectivity index (χ0n) is 17.6. The summed E-state index contributed by atoms with van der Waals surface area (Å²) in [5.41, 5.74) is 10.4. The third-order valence-corrected chi connectivity index (χ3v) is 4.75. The van der Waals surface area contributed by atoms with Crippen LogP contribution >= 0.6 is 0 Å². The zero-order chi connectivity index (χ0) is 21.8. The monoisotopic (exact) mass is 403 g/mol. The molecular weight excluding hydrogens is 378 g/mol. The Bertz CT molecular complexity index is 1140. The fraction of sp³-hybridized carbons (Fsp3) is 0.167. The number of benzene rings is 2. The minimum atomic E-state index is -0.480. The first-order chi connectivity index (χ1) is 14.3. The lowest BCUT2D eigenvalue weighted by Gasteiger charge is -2.16. The summed E-state index contributed by atoms with van der Waals surface area (Å²) in [6, 6.07) is 9.31. The number of hydrogen-bond donors (Lipinski definition) is 1. The average Bonchev–Trinajstić information content (AvgIpc) is 3.13. The molecule has 0 aliphatic heterocycles. The highest BCUT2D eigenvalue weighted by atomic mass is 16.5. The van der Waals surface area contributed by atoms with Crippen molar-refractivity contribution in [3.05, 3.63) is 83.7 Å². The van der Waals surface area contributed by atoms with Crippen molar-refractivity contribution in [3.63, 3.8) is 0 Å². The van der Waals surface area contributed by atoms with Crippen molar-refractivity contribution >= 4 is 11.7 Å². The first kappa shape index (κ1) is 20.9. The molecule has 30 heavy (non-hydrogen) atoms. The first-order valence-electron chi connectivity index (χ1n) is 9.42. The number of rotatable bonds is 7. The molecule has 0 unspecified atom stereocenters. The van der Waals surface area contributed by atoms with Gasteiger partial charge in [0.1, 0.15) is 17.3 Å².